The van der Waals surface area contributed by atoms with Crippen LogP contribution in [0.2, 0.25) is 0 Å². The normalized spacial score (nSPS) is 23.3. The average molecular weight is 259 g/mol. The molecule has 100 valence electrons. The van der Waals surface area contributed by atoms with Gasteiger partial charge in [-0.1, -0.05) is 0 Å². The predicted molar refractivity (Wildman–Crippen MR) is 72.7 cm³/mol. The summed E-state index contributed by atoms with van der Waals surface area (Å²) >= 11 is 0. The molecule has 2 rings (SSSR count). The van der Waals surface area contributed by atoms with Crippen LogP contribution in [0.15, 0.2) is 18.5 Å². The lowest BCUT2D eigenvalue weighted by molar-refractivity contribution is -0.114. The van der Waals surface area contributed by atoms with Gasteiger partial charge in [-0.25, -0.2) is 0 Å². The van der Waals surface area contributed by atoms with Crippen molar-refractivity contribution < 1.29 is 9.53 Å². The Morgan fingerprint density at radius 1 is 1.68 bits per heavy atom. The van der Waals surface area contributed by atoms with Crippen LogP contribution in [0, 0.1) is 0 Å². The third-order valence-electron chi connectivity index (χ3n) is 3.34. The minimum Gasteiger partial charge on any atom is -0.484 e. The maximum atomic E-state index is 10.6. The van der Waals surface area contributed by atoms with Gasteiger partial charge in [-0.2, -0.15) is 0 Å². The molecule has 1 aromatic rings. The second kappa shape index (κ2) is 5.61. The molecule has 0 spiro atoms. The number of carbonyl (C=O) groups excluding carboxylic acids is 1. The number of ether oxygens (including phenoxy) is 1. The number of carbonyl (C=O) groups is 1. The van der Waals surface area contributed by atoms with E-state index in [1.54, 1.807) is 12.4 Å². The summed E-state index contributed by atoms with van der Waals surface area (Å²) in [6.45, 7) is 4.30. The molecule has 1 amide bonds. The molecular formula is C13H18BN3O2. The van der Waals surface area contributed by atoms with E-state index >= 15 is 0 Å². The number of aromatic nitrogens is 1. The molecule has 0 saturated carbocycles. The Kier molecular flexibility index (Phi) is 4.09. The molecule has 1 atom stereocenters. The molecule has 0 N–H and O–H groups in total. The second-order valence-electron chi connectivity index (χ2n) is 5.30. The number of pyridine rings is 1. The summed E-state index contributed by atoms with van der Waals surface area (Å²) in [5, 5.41) is 0. The standard InChI is InChI=1S/C13H18BN3O2/c1-13(4-6-16(2)9-13)19-12-7-15-5-3-11(12)8-17(14)10-18/h3,5,7,10H,4,6,8-9H2,1-2H3. The minimum absolute atomic E-state index is 0.215. The lowest BCUT2D eigenvalue weighted by atomic mass is 10.1. The Bertz CT molecular complexity index is 457. The first kappa shape index (κ1) is 13.9. The van der Waals surface area contributed by atoms with Gasteiger partial charge in [-0.15, -0.1) is 0 Å². The van der Waals surface area contributed by atoms with Gasteiger partial charge in [-0.3, -0.25) is 9.78 Å². The van der Waals surface area contributed by atoms with E-state index in [-0.39, 0.29) is 5.60 Å². The molecule has 2 heterocycles. The zero-order valence-corrected chi connectivity index (χ0v) is 11.4. The maximum absolute atomic E-state index is 10.6. The number of rotatable bonds is 5. The average Bonchev–Trinajstić information content (AvgIpc) is 2.71. The summed E-state index contributed by atoms with van der Waals surface area (Å²) in [6.07, 6.45) is 4.91. The lowest BCUT2D eigenvalue weighted by Gasteiger charge is -2.27. The summed E-state index contributed by atoms with van der Waals surface area (Å²) in [5.74, 6) is 0.692. The fourth-order valence-corrected chi connectivity index (χ4v) is 2.37. The third kappa shape index (κ3) is 3.47. The molecule has 1 fully saturated rings. The van der Waals surface area contributed by atoms with Crippen molar-refractivity contribution in [2.75, 3.05) is 20.1 Å². The Morgan fingerprint density at radius 2 is 2.47 bits per heavy atom. The summed E-state index contributed by atoms with van der Waals surface area (Å²) in [7, 11) is 7.59. The monoisotopic (exact) mass is 259 g/mol. The third-order valence-corrected chi connectivity index (χ3v) is 3.34. The molecule has 1 aliphatic heterocycles. The molecule has 0 aliphatic carbocycles. The van der Waals surface area contributed by atoms with Gasteiger partial charge in [0.2, 0.25) is 7.98 Å². The molecular weight excluding hydrogens is 241 g/mol. The van der Waals surface area contributed by atoms with Crippen molar-refractivity contribution in [2.24, 2.45) is 0 Å². The number of likely N-dealkylation sites (N-methyl/N-ethyl adjacent to an activating group) is 1. The van der Waals surface area contributed by atoms with Crippen molar-refractivity contribution in [3.8, 4) is 5.75 Å². The smallest absolute Gasteiger partial charge is 0.230 e. The molecule has 1 aromatic heterocycles. The van der Waals surface area contributed by atoms with Crippen LogP contribution < -0.4 is 4.74 Å². The van der Waals surface area contributed by atoms with E-state index in [2.05, 4.69) is 23.9 Å². The Balaban J connectivity index is 2.13. The van der Waals surface area contributed by atoms with Crippen LogP contribution in [0.25, 0.3) is 0 Å². The quantitative estimate of drug-likeness (QED) is 0.573. The van der Waals surface area contributed by atoms with Gasteiger partial charge in [0.1, 0.15) is 11.4 Å². The van der Waals surface area contributed by atoms with Gasteiger partial charge in [0, 0.05) is 37.8 Å². The summed E-state index contributed by atoms with van der Waals surface area (Å²) in [5.41, 5.74) is 0.646. The van der Waals surface area contributed by atoms with Gasteiger partial charge >= 0.3 is 0 Å². The predicted octanol–water partition coefficient (Wildman–Crippen LogP) is 0.596. The van der Waals surface area contributed by atoms with E-state index in [0.29, 0.717) is 18.7 Å². The first-order valence-electron chi connectivity index (χ1n) is 6.29. The fourth-order valence-electron chi connectivity index (χ4n) is 2.37. The number of hydrogen-bond acceptors (Lipinski definition) is 4. The molecule has 2 radical (unpaired) electrons. The Morgan fingerprint density at radius 3 is 3.11 bits per heavy atom. The Labute approximate surface area is 115 Å². The van der Waals surface area contributed by atoms with Crippen LogP contribution in [-0.2, 0) is 11.3 Å². The zero-order valence-electron chi connectivity index (χ0n) is 11.4. The fraction of sp³-hybridized carbons (Fsp3) is 0.538. The van der Waals surface area contributed by atoms with Crippen molar-refractivity contribution in [2.45, 2.75) is 25.5 Å². The van der Waals surface area contributed by atoms with E-state index in [9.17, 15) is 4.79 Å². The lowest BCUT2D eigenvalue weighted by Crippen LogP contribution is -2.35. The van der Waals surface area contributed by atoms with Crippen molar-refractivity contribution >= 4 is 14.4 Å². The van der Waals surface area contributed by atoms with Crippen molar-refractivity contribution in [1.82, 2.24) is 14.7 Å². The largest absolute Gasteiger partial charge is 0.484 e. The highest BCUT2D eigenvalue weighted by atomic mass is 16.5. The Hall–Kier alpha value is -1.56. The van der Waals surface area contributed by atoms with Crippen LogP contribution in [0.3, 0.4) is 0 Å². The van der Waals surface area contributed by atoms with Gasteiger partial charge in [-0.05, 0) is 20.0 Å². The van der Waals surface area contributed by atoms with Crippen molar-refractivity contribution in [3.05, 3.63) is 24.0 Å². The second-order valence-corrected chi connectivity index (χ2v) is 5.30. The number of nitrogens with zero attached hydrogens (tertiary/aromatic N) is 3. The van der Waals surface area contributed by atoms with E-state index in [4.69, 9.17) is 12.7 Å². The summed E-state index contributed by atoms with van der Waals surface area (Å²) < 4.78 is 6.11. The molecule has 5 nitrogen and oxygen atoms in total. The van der Waals surface area contributed by atoms with Crippen LogP contribution >= 0.6 is 0 Å². The number of hydrogen-bond donors (Lipinski definition) is 0. The first-order chi connectivity index (χ1) is 9.02. The van der Waals surface area contributed by atoms with Gasteiger partial charge < -0.3 is 14.4 Å². The molecule has 1 saturated heterocycles. The SMILES string of the molecule is [B]N(C=O)Cc1ccncc1OC1(C)CCN(C)C1. The molecule has 0 aromatic carbocycles. The molecule has 0 bridgehead atoms. The molecule has 6 heteroatoms. The summed E-state index contributed by atoms with van der Waals surface area (Å²) in [6, 6.07) is 1.82. The summed E-state index contributed by atoms with van der Waals surface area (Å²) in [4.78, 5) is 18.0. The van der Waals surface area contributed by atoms with Crippen molar-refractivity contribution in [1.29, 1.82) is 0 Å². The molecule has 19 heavy (non-hydrogen) atoms. The maximum Gasteiger partial charge on any atom is 0.230 e. The van der Waals surface area contributed by atoms with Gasteiger partial charge in [0.15, 0.2) is 6.41 Å². The topological polar surface area (TPSA) is 45.7 Å². The van der Waals surface area contributed by atoms with E-state index < -0.39 is 0 Å². The molecule has 1 aliphatic rings. The zero-order chi connectivity index (χ0) is 13.9. The van der Waals surface area contributed by atoms with Crippen LogP contribution in [-0.4, -0.2) is 54.8 Å². The van der Waals surface area contributed by atoms with Gasteiger partial charge in [0.25, 0.3) is 0 Å². The van der Waals surface area contributed by atoms with Crippen LogP contribution in [0.5, 0.6) is 5.75 Å². The highest BCUT2D eigenvalue weighted by Crippen LogP contribution is 2.29. The highest BCUT2D eigenvalue weighted by Gasteiger charge is 2.34. The number of amides is 1. The molecule has 1 unspecified atom stereocenters. The highest BCUT2D eigenvalue weighted by molar-refractivity contribution is 6.10. The van der Waals surface area contributed by atoms with Crippen LogP contribution in [0.1, 0.15) is 18.9 Å². The van der Waals surface area contributed by atoms with E-state index in [0.717, 1.165) is 29.9 Å². The van der Waals surface area contributed by atoms with Crippen LogP contribution in [0.4, 0.5) is 0 Å². The minimum atomic E-state index is -0.215. The first-order valence-corrected chi connectivity index (χ1v) is 6.29. The number of likely N-dealkylation sites (tertiary alicyclic amines) is 1. The van der Waals surface area contributed by atoms with E-state index in [1.807, 2.05) is 6.07 Å². The van der Waals surface area contributed by atoms with E-state index in [1.165, 1.54) is 0 Å². The van der Waals surface area contributed by atoms with Crippen molar-refractivity contribution in [3.63, 3.8) is 0 Å². The van der Waals surface area contributed by atoms with Gasteiger partial charge in [0.05, 0.1) is 6.20 Å².